The minimum Gasteiger partial charge on any atom is -0.490 e. The van der Waals surface area contributed by atoms with Crippen LogP contribution in [-0.4, -0.2) is 39.9 Å². The Labute approximate surface area is 222 Å². The first-order chi connectivity index (χ1) is 17.6. The van der Waals surface area contributed by atoms with Crippen LogP contribution in [-0.2, 0) is 21.4 Å². The van der Waals surface area contributed by atoms with Crippen LogP contribution in [0.2, 0.25) is 5.02 Å². The van der Waals surface area contributed by atoms with E-state index in [2.05, 4.69) is 10.5 Å². The largest absolute Gasteiger partial charge is 0.490 e. The van der Waals surface area contributed by atoms with E-state index in [1.165, 1.54) is 6.21 Å². The molecule has 10 heteroatoms. The Balaban J connectivity index is 1.66. The number of nitrogens with one attached hydrogen (secondary N) is 1. The van der Waals surface area contributed by atoms with Crippen molar-refractivity contribution in [3.8, 4) is 11.5 Å². The smallest absolute Gasteiger partial charge is 0.260 e. The van der Waals surface area contributed by atoms with Gasteiger partial charge in [-0.2, -0.15) is 5.10 Å². The first-order valence-corrected chi connectivity index (χ1v) is 13.8. The maximum Gasteiger partial charge on any atom is 0.260 e. The zero-order valence-corrected chi connectivity index (χ0v) is 22.8. The maximum absolute atomic E-state index is 12.5. The molecule has 0 fully saturated rings. The van der Waals surface area contributed by atoms with Crippen molar-refractivity contribution >= 4 is 39.4 Å². The predicted octanol–water partition coefficient (Wildman–Crippen LogP) is 4.85. The van der Waals surface area contributed by atoms with E-state index in [9.17, 15) is 13.2 Å². The molecule has 0 saturated carbocycles. The molecule has 0 unspecified atom stereocenters. The molecule has 0 aromatic heterocycles. The predicted molar refractivity (Wildman–Crippen MR) is 147 cm³/mol. The van der Waals surface area contributed by atoms with E-state index < -0.39 is 22.5 Å². The van der Waals surface area contributed by atoms with Gasteiger partial charge in [0, 0.05) is 5.02 Å². The van der Waals surface area contributed by atoms with Gasteiger partial charge in [0.1, 0.15) is 13.2 Å². The van der Waals surface area contributed by atoms with Gasteiger partial charge in [-0.3, -0.25) is 9.10 Å². The SMILES string of the molecule is CCOc1cc(/C=N\NC(=O)CN(c2ccc(C)c(C)c2)S(C)(=O)=O)ccc1OCc1cccc(Cl)c1. The Hall–Kier alpha value is -3.56. The molecule has 1 amide bonds. The number of benzene rings is 3. The standard InChI is InChI=1S/C27H30ClN3O5S/c1-5-35-26-15-21(10-12-25(26)36-18-22-7-6-8-23(28)14-22)16-29-30-27(32)17-31(37(4,33)34)24-11-9-19(2)20(3)13-24/h6-16H,5,17-18H2,1-4H3,(H,30,32)/b29-16-. The quantitative estimate of drug-likeness (QED) is 0.275. The fourth-order valence-electron chi connectivity index (χ4n) is 3.41. The van der Waals surface area contributed by atoms with Crippen LogP contribution >= 0.6 is 11.6 Å². The highest BCUT2D eigenvalue weighted by Gasteiger charge is 2.21. The van der Waals surface area contributed by atoms with Gasteiger partial charge in [0.25, 0.3) is 5.91 Å². The van der Waals surface area contributed by atoms with Crippen molar-refractivity contribution in [3.63, 3.8) is 0 Å². The molecule has 0 heterocycles. The maximum atomic E-state index is 12.5. The minimum atomic E-state index is -3.68. The van der Waals surface area contributed by atoms with Gasteiger partial charge in [0.15, 0.2) is 11.5 Å². The van der Waals surface area contributed by atoms with Gasteiger partial charge >= 0.3 is 0 Å². The number of aryl methyl sites for hydroxylation is 2. The highest BCUT2D eigenvalue weighted by atomic mass is 35.5. The molecule has 8 nitrogen and oxygen atoms in total. The third kappa shape index (κ3) is 8.23. The first kappa shape index (κ1) is 28.0. The summed E-state index contributed by atoms with van der Waals surface area (Å²) < 4.78 is 37.3. The van der Waals surface area contributed by atoms with Crippen molar-refractivity contribution in [1.29, 1.82) is 0 Å². The number of hydrazone groups is 1. The lowest BCUT2D eigenvalue weighted by Crippen LogP contribution is -2.39. The third-order valence-corrected chi connectivity index (χ3v) is 6.80. The number of halogens is 1. The summed E-state index contributed by atoms with van der Waals surface area (Å²) in [5.74, 6) is 0.504. The number of hydrogen-bond acceptors (Lipinski definition) is 6. The van der Waals surface area contributed by atoms with Crippen LogP contribution < -0.4 is 19.2 Å². The van der Waals surface area contributed by atoms with Crippen molar-refractivity contribution in [2.45, 2.75) is 27.4 Å². The van der Waals surface area contributed by atoms with Crippen LogP contribution in [0.5, 0.6) is 11.5 Å². The van der Waals surface area contributed by atoms with Gasteiger partial charge in [-0.25, -0.2) is 13.8 Å². The van der Waals surface area contributed by atoms with Crippen molar-refractivity contribution in [2.75, 3.05) is 23.7 Å². The molecule has 0 aliphatic heterocycles. The van der Waals surface area contributed by atoms with E-state index in [4.69, 9.17) is 21.1 Å². The van der Waals surface area contributed by atoms with E-state index in [0.717, 1.165) is 27.3 Å². The van der Waals surface area contributed by atoms with Gasteiger partial charge in [-0.15, -0.1) is 0 Å². The fraction of sp³-hybridized carbons (Fsp3) is 0.259. The summed E-state index contributed by atoms with van der Waals surface area (Å²) in [6, 6.07) is 17.9. The van der Waals surface area contributed by atoms with E-state index in [-0.39, 0.29) is 0 Å². The van der Waals surface area contributed by atoms with Crippen molar-refractivity contribution in [2.24, 2.45) is 5.10 Å². The van der Waals surface area contributed by atoms with Gasteiger partial charge < -0.3 is 9.47 Å². The Morgan fingerprint density at radius 1 is 1.03 bits per heavy atom. The highest BCUT2D eigenvalue weighted by Crippen LogP contribution is 2.29. The van der Waals surface area contributed by atoms with Crippen LogP contribution in [0.25, 0.3) is 0 Å². The number of carbonyl (C=O) groups excluding carboxylic acids is 1. The lowest BCUT2D eigenvalue weighted by atomic mass is 10.1. The third-order valence-electron chi connectivity index (χ3n) is 5.42. The normalized spacial score (nSPS) is 11.4. The summed E-state index contributed by atoms with van der Waals surface area (Å²) in [4.78, 5) is 12.5. The molecule has 1 N–H and O–H groups in total. The average molecular weight is 544 g/mol. The van der Waals surface area contributed by atoms with E-state index in [0.29, 0.717) is 41.0 Å². The molecule has 0 radical (unpaired) electrons. The topological polar surface area (TPSA) is 97.3 Å². The molecule has 0 bridgehead atoms. The fourth-order valence-corrected chi connectivity index (χ4v) is 4.47. The monoisotopic (exact) mass is 543 g/mol. The highest BCUT2D eigenvalue weighted by molar-refractivity contribution is 7.92. The number of sulfonamides is 1. The van der Waals surface area contributed by atoms with Gasteiger partial charge in [0.05, 0.1) is 24.8 Å². The molecule has 0 aliphatic carbocycles. The Kier molecular flexibility index (Phi) is 9.54. The van der Waals surface area contributed by atoms with Crippen molar-refractivity contribution < 1.29 is 22.7 Å². The summed E-state index contributed by atoms with van der Waals surface area (Å²) in [5, 5.41) is 4.61. The summed E-state index contributed by atoms with van der Waals surface area (Å²) >= 11 is 6.03. The summed E-state index contributed by atoms with van der Waals surface area (Å²) in [7, 11) is -3.68. The van der Waals surface area contributed by atoms with Crippen LogP contribution in [0.15, 0.2) is 65.8 Å². The molecular formula is C27H30ClN3O5S. The Morgan fingerprint density at radius 3 is 2.49 bits per heavy atom. The number of hydrogen-bond donors (Lipinski definition) is 1. The average Bonchev–Trinajstić information content (AvgIpc) is 2.83. The Morgan fingerprint density at radius 2 is 1.81 bits per heavy atom. The molecule has 0 saturated heterocycles. The van der Waals surface area contributed by atoms with Gasteiger partial charge in [-0.1, -0.05) is 29.8 Å². The van der Waals surface area contributed by atoms with E-state index in [1.807, 2.05) is 45.0 Å². The zero-order valence-electron chi connectivity index (χ0n) is 21.2. The summed E-state index contributed by atoms with van der Waals surface area (Å²) in [6.07, 6.45) is 2.51. The second-order valence-corrected chi connectivity index (χ2v) is 10.7. The van der Waals surface area contributed by atoms with Crippen LogP contribution in [0.4, 0.5) is 5.69 Å². The summed E-state index contributed by atoms with van der Waals surface area (Å²) in [6.45, 7) is 6.03. The number of ether oxygens (including phenoxy) is 2. The first-order valence-electron chi connectivity index (χ1n) is 11.6. The van der Waals surface area contributed by atoms with E-state index in [1.54, 1.807) is 36.4 Å². The molecule has 0 atom stereocenters. The van der Waals surface area contributed by atoms with Crippen LogP contribution in [0.3, 0.4) is 0 Å². The van der Waals surface area contributed by atoms with E-state index >= 15 is 0 Å². The lowest BCUT2D eigenvalue weighted by molar-refractivity contribution is -0.119. The minimum absolute atomic E-state index is 0.321. The molecule has 196 valence electrons. The summed E-state index contributed by atoms with van der Waals surface area (Å²) in [5.41, 5.74) is 6.34. The second-order valence-electron chi connectivity index (χ2n) is 8.39. The van der Waals surface area contributed by atoms with Gasteiger partial charge in [-0.05, 0) is 85.5 Å². The molecule has 3 aromatic carbocycles. The zero-order chi connectivity index (χ0) is 27.0. The second kappa shape index (κ2) is 12.6. The molecule has 0 aliphatic rings. The molecule has 0 spiro atoms. The number of amides is 1. The van der Waals surface area contributed by atoms with Crippen molar-refractivity contribution in [1.82, 2.24) is 5.43 Å². The number of carbonyl (C=O) groups is 1. The van der Waals surface area contributed by atoms with Crippen molar-refractivity contribution in [3.05, 3.63) is 87.9 Å². The Bertz CT molecular complexity index is 1390. The van der Waals surface area contributed by atoms with Gasteiger partial charge in [0.2, 0.25) is 10.0 Å². The molecule has 37 heavy (non-hydrogen) atoms. The molecular weight excluding hydrogens is 514 g/mol. The number of nitrogens with zero attached hydrogens (tertiary/aromatic N) is 2. The number of anilines is 1. The molecule has 3 rings (SSSR count). The van der Waals surface area contributed by atoms with Crippen LogP contribution in [0.1, 0.15) is 29.2 Å². The number of rotatable bonds is 11. The lowest BCUT2D eigenvalue weighted by Gasteiger charge is -2.22. The van der Waals surface area contributed by atoms with Crippen LogP contribution in [0, 0.1) is 13.8 Å². The molecule has 3 aromatic rings.